The monoisotopic (exact) mass is 412 g/mol. The Labute approximate surface area is 167 Å². The molecule has 10 heteroatoms. The van der Waals surface area contributed by atoms with Gasteiger partial charge < -0.3 is 10.1 Å². The normalized spacial score (nSPS) is 12.5. The molecular weight excluding hydrogens is 395 g/mol. The number of halogens is 1. The van der Waals surface area contributed by atoms with Crippen LogP contribution in [0, 0.1) is 17.3 Å². The molecule has 8 nitrogen and oxygen atoms in total. The molecule has 0 aliphatic carbocycles. The van der Waals surface area contributed by atoms with Gasteiger partial charge in [0.05, 0.1) is 28.2 Å². The van der Waals surface area contributed by atoms with Crippen LogP contribution in [0.2, 0.25) is 0 Å². The minimum atomic E-state index is -2.63. The second-order valence-electron chi connectivity index (χ2n) is 6.10. The van der Waals surface area contributed by atoms with Crippen LogP contribution in [0.5, 0.6) is 5.75 Å². The van der Waals surface area contributed by atoms with Crippen LogP contribution in [-0.2, 0) is 15.5 Å². The Morgan fingerprint density at radius 3 is 2.86 bits per heavy atom. The molecule has 1 unspecified atom stereocenters. The van der Waals surface area contributed by atoms with E-state index in [1.54, 1.807) is 30.5 Å². The van der Waals surface area contributed by atoms with Crippen molar-refractivity contribution in [2.75, 3.05) is 18.7 Å². The van der Waals surface area contributed by atoms with Gasteiger partial charge in [-0.25, -0.2) is 18.6 Å². The van der Waals surface area contributed by atoms with Gasteiger partial charge in [0.1, 0.15) is 17.9 Å². The zero-order chi connectivity index (χ0) is 20.9. The molecule has 0 saturated heterocycles. The van der Waals surface area contributed by atoms with E-state index in [0.29, 0.717) is 22.8 Å². The molecule has 0 saturated carbocycles. The molecule has 0 amide bonds. The summed E-state index contributed by atoms with van der Waals surface area (Å²) in [5.74, 6) is 0.622. The first-order chi connectivity index (χ1) is 13.9. The highest BCUT2D eigenvalue weighted by molar-refractivity contribution is 7.92. The standard InChI is InChI=1S/C19H17FN6O2S/c1-28-17-9-14(20)6-7-16(17)18-22-12-23-19(26-18)25-15-5-3-4-13(8-15)10-29(2,27)24-11-21/h3-9,12H,10H2,1-2H3,(H,22,23,25,26). The van der Waals surface area contributed by atoms with Crippen molar-refractivity contribution >= 4 is 21.4 Å². The average Bonchev–Trinajstić information content (AvgIpc) is 2.68. The molecule has 0 fully saturated rings. The number of nitrogens with zero attached hydrogens (tertiary/aromatic N) is 5. The zero-order valence-electron chi connectivity index (χ0n) is 15.7. The van der Waals surface area contributed by atoms with E-state index in [9.17, 15) is 8.60 Å². The lowest BCUT2D eigenvalue weighted by molar-refractivity contribution is 0.412. The van der Waals surface area contributed by atoms with Gasteiger partial charge in [-0.2, -0.15) is 10.2 Å². The van der Waals surface area contributed by atoms with E-state index < -0.39 is 15.5 Å². The van der Waals surface area contributed by atoms with Crippen LogP contribution in [0.1, 0.15) is 5.56 Å². The molecule has 0 spiro atoms. The van der Waals surface area contributed by atoms with Gasteiger partial charge in [0.25, 0.3) is 0 Å². The van der Waals surface area contributed by atoms with E-state index in [2.05, 4.69) is 24.6 Å². The van der Waals surface area contributed by atoms with Crippen LogP contribution in [-0.4, -0.2) is 32.5 Å². The average molecular weight is 412 g/mol. The Bertz CT molecular complexity index is 1200. The second kappa shape index (κ2) is 8.62. The lowest BCUT2D eigenvalue weighted by Crippen LogP contribution is -2.03. The van der Waals surface area contributed by atoms with Crippen molar-refractivity contribution in [1.29, 1.82) is 5.26 Å². The second-order valence-corrected chi connectivity index (χ2v) is 8.49. The number of nitriles is 1. The highest BCUT2D eigenvalue weighted by Gasteiger charge is 2.12. The number of aromatic nitrogens is 3. The summed E-state index contributed by atoms with van der Waals surface area (Å²) < 4.78 is 34.3. The predicted molar refractivity (Wildman–Crippen MR) is 107 cm³/mol. The number of hydrogen-bond acceptors (Lipinski definition) is 8. The molecule has 1 atom stereocenters. The van der Waals surface area contributed by atoms with Gasteiger partial charge in [0.2, 0.25) is 12.1 Å². The van der Waals surface area contributed by atoms with Crippen molar-refractivity contribution in [3.8, 4) is 23.3 Å². The molecule has 1 heterocycles. The fraction of sp³-hybridized carbons (Fsp3) is 0.158. The maximum Gasteiger partial charge on any atom is 0.230 e. The van der Waals surface area contributed by atoms with Crippen LogP contribution >= 0.6 is 0 Å². The minimum Gasteiger partial charge on any atom is -0.496 e. The van der Waals surface area contributed by atoms with Crippen molar-refractivity contribution in [3.63, 3.8) is 0 Å². The summed E-state index contributed by atoms with van der Waals surface area (Å²) in [5.41, 5.74) is 1.94. The van der Waals surface area contributed by atoms with Crippen LogP contribution in [0.15, 0.2) is 53.2 Å². The lowest BCUT2D eigenvalue weighted by Gasteiger charge is -2.10. The Hall–Kier alpha value is -3.58. The van der Waals surface area contributed by atoms with Crippen molar-refractivity contribution < 1.29 is 13.3 Å². The van der Waals surface area contributed by atoms with Crippen LogP contribution in [0.4, 0.5) is 16.0 Å². The maximum absolute atomic E-state index is 13.4. The molecule has 0 aliphatic rings. The van der Waals surface area contributed by atoms with E-state index in [0.717, 1.165) is 5.56 Å². The Morgan fingerprint density at radius 2 is 2.10 bits per heavy atom. The van der Waals surface area contributed by atoms with Crippen molar-refractivity contribution in [2.24, 2.45) is 4.36 Å². The first-order valence-electron chi connectivity index (χ1n) is 8.37. The van der Waals surface area contributed by atoms with Gasteiger partial charge in [0, 0.05) is 18.0 Å². The number of anilines is 2. The van der Waals surface area contributed by atoms with Gasteiger partial charge in [0.15, 0.2) is 5.82 Å². The Morgan fingerprint density at radius 1 is 1.28 bits per heavy atom. The number of benzene rings is 2. The van der Waals surface area contributed by atoms with Gasteiger partial charge >= 0.3 is 0 Å². The number of methoxy groups -OCH3 is 1. The first kappa shape index (κ1) is 20.2. The molecule has 1 N–H and O–H groups in total. The van der Waals surface area contributed by atoms with E-state index in [1.165, 1.54) is 37.9 Å². The summed E-state index contributed by atoms with van der Waals surface area (Å²) in [7, 11) is -1.19. The van der Waals surface area contributed by atoms with Crippen LogP contribution in [0.25, 0.3) is 11.4 Å². The Kier molecular flexibility index (Phi) is 5.99. The molecule has 3 rings (SSSR count). The third-order valence-electron chi connectivity index (χ3n) is 3.83. The molecule has 0 bridgehead atoms. The van der Waals surface area contributed by atoms with Gasteiger partial charge in [-0.05, 0) is 29.8 Å². The number of ether oxygens (including phenoxy) is 1. The number of hydrogen-bond donors (Lipinski definition) is 1. The van der Waals surface area contributed by atoms with E-state index in [4.69, 9.17) is 10.00 Å². The summed E-state index contributed by atoms with van der Waals surface area (Å²) in [6.45, 7) is 0. The molecule has 29 heavy (non-hydrogen) atoms. The molecule has 0 aliphatic heterocycles. The SMILES string of the molecule is COc1cc(F)ccc1-c1ncnc(Nc2cccc(CS(C)(=O)=NC#N)c2)n1. The molecule has 148 valence electrons. The number of rotatable bonds is 6. The summed E-state index contributed by atoms with van der Waals surface area (Å²) in [5, 5.41) is 11.7. The summed E-state index contributed by atoms with van der Waals surface area (Å²) in [6.07, 6.45) is 4.36. The van der Waals surface area contributed by atoms with E-state index in [1.807, 2.05) is 0 Å². The fourth-order valence-corrected chi connectivity index (χ4v) is 3.67. The Balaban J connectivity index is 1.87. The zero-order valence-corrected chi connectivity index (χ0v) is 16.5. The molecule has 1 aromatic heterocycles. The van der Waals surface area contributed by atoms with Crippen LogP contribution < -0.4 is 10.1 Å². The molecular formula is C19H17FN6O2S. The quantitative estimate of drug-likeness (QED) is 0.616. The predicted octanol–water partition coefficient (Wildman–Crippen LogP) is 3.51. The summed E-state index contributed by atoms with van der Waals surface area (Å²) in [4.78, 5) is 12.6. The van der Waals surface area contributed by atoms with Crippen molar-refractivity contribution in [3.05, 3.63) is 60.2 Å². The van der Waals surface area contributed by atoms with Gasteiger partial charge in [-0.1, -0.05) is 12.1 Å². The third kappa shape index (κ3) is 5.24. The molecule has 2 aromatic carbocycles. The van der Waals surface area contributed by atoms with Gasteiger partial charge in [-0.3, -0.25) is 0 Å². The largest absolute Gasteiger partial charge is 0.496 e. The molecule has 3 aromatic rings. The van der Waals surface area contributed by atoms with Crippen LogP contribution in [0.3, 0.4) is 0 Å². The smallest absolute Gasteiger partial charge is 0.230 e. The highest BCUT2D eigenvalue weighted by Crippen LogP contribution is 2.28. The first-order valence-corrected chi connectivity index (χ1v) is 10.5. The third-order valence-corrected chi connectivity index (χ3v) is 5.16. The lowest BCUT2D eigenvalue weighted by atomic mass is 10.2. The highest BCUT2D eigenvalue weighted by atomic mass is 32.2. The topological polar surface area (TPSA) is 113 Å². The summed E-state index contributed by atoms with van der Waals surface area (Å²) >= 11 is 0. The van der Waals surface area contributed by atoms with E-state index >= 15 is 0 Å². The number of nitrogens with one attached hydrogen (secondary N) is 1. The molecule has 0 radical (unpaired) electrons. The van der Waals surface area contributed by atoms with Crippen molar-refractivity contribution in [2.45, 2.75) is 5.75 Å². The fourth-order valence-electron chi connectivity index (χ4n) is 2.63. The van der Waals surface area contributed by atoms with Gasteiger partial charge in [-0.15, -0.1) is 4.36 Å². The van der Waals surface area contributed by atoms with E-state index in [-0.39, 0.29) is 11.7 Å². The maximum atomic E-state index is 13.4. The minimum absolute atomic E-state index is 0.144. The summed E-state index contributed by atoms with van der Waals surface area (Å²) in [6, 6.07) is 11.2. The van der Waals surface area contributed by atoms with Crippen molar-refractivity contribution in [1.82, 2.24) is 15.0 Å².